The number of likely N-dealkylation sites (tertiary alicyclic amines) is 1. The van der Waals surface area contributed by atoms with E-state index in [4.69, 9.17) is 4.74 Å². The van der Waals surface area contributed by atoms with Crippen LogP contribution in [0, 0.1) is 11.8 Å². The summed E-state index contributed by atoms with van der Waals surface area (Å²) < 4.78 is 7.86. The summed E-state index contributed by atoms with van der Waals surface area (Å²) in [4.78, 5) is 26.5. The summed E-state index contributed by atoms with van der Waals surface area (Å²) in [6.45, 7) is 3.54. The summed E-state index contributed by atoms with van der Waals surface area (Å²) in [6, 6.07) is 9.47. The van der Waals surface area contributed by atoms with E-state index in [1.807, 2.05) is 35.2 Å². The van der Waals surface area contributed by atoms with Crippen LogP contribution in [0.3, 0.4) is 0 Å². The summed E-state index contributed by atoms with van der Waals surface area (Å²) in [5.41, 5.74) is 0.987. The van der Waals surface area contributed by atoms with Crippen molar-refractivity contribution in [2.24, 2.45) is 11.8 Å². The SMILES string of the molecule is CC(=O)N1C[C@@H]2[C@H](CNC(=O)c3cnnn3-c3ccccc3)[C@H]3CC[C@]2(C1)O3. The Balaban J connectivity index is 1.30. The number of benzene rings is 1. The predicted molar refractivity (Wildman–Crippen MR) is 99.8 cm³/mol. The molecule has 4 heterocycles. The maximum atomic E-state index is 12.8. The number of para-hydroxylation sites is 1. The van der Waals surface area contributed by atoms with Crippen LogP contribution in [-0.2, 0) is 9.53 Å². The van der Waals surface area contributed by atoms with Gasteiger partial charge in [0.05, 0.1) is 30.1 Å². The van der Waals surface area contributed by atoms with Gasteiger partial charge in [-0.15, -0.1) is 5.10 Å². The van der Waals surface area contributed by atoms with Crippen LogP contribution < -0.4 is 5.32 Å². The number of hydrogen-bond donors (Lipinski definition) is 1. The summed E-state index contributed by atoms with van der Waals surface area (Å²) in [6.07, 6.45) is 3.64. The lowest BCUT2D eigenvalue weighted by Crippen LogP contribution is -2.42. The van der Waals surface area contributed by atoms with E-state index in [0.29, 0.717) is 18.8 Å². The van der Waals surface area contributed by atoms with Crippen LogP contribution in [0.15, 0.2) is 36.5 Å². The number of nitrogens with one attached hydrogen (secondary N) is 1. The van der Waals surface area contributed by atoms with E-state index >= 15 is 0 Å². The fourth-order valence-electron chi connectivity index (χ4n) is 5.15. The summed E-state index contributed by atoms with van der Waals surface area (Å²) in [7, 11) is 0. The molecule has 3 aliphatic rings. The Hall–Kier alpha value is -2.74. The highest BCUT2D eigenvalue weighted by molar-refractivity contribution is 5.92. The van der Waals surface area contributed by atoms with Gasteiger partial charge in [-0.25, -0.2) is 4.68 Å². The number of aromatic nitrogens is 3. The molecular formula is C20H23N5O3. The molecule has 146 valence electrons. The minimum Gasteiger partial charge on any atom is -0.369 e. The first-order valence-corrected chi connectivity index (χ1v) is 9.75. The molecule has 5 rings (SSSR count). The third kappa shape index (κ3) is 2.63. The molecule has 1 N–H and O–H groups in total. The van der Waals surface area contributed by atoms with Gasteiger partial charge in [-0.1, -0.05) is 23.4 Å². The third-order valence-electron chi connectivity index (χ3n) is 6.51. The van der Waals surface area contributed by atoms with E-state index < -0.39 is 0 Å². The number of nitrogens with zero attached hydrogens (tertiary/aromatic N) is 4. The molecule has 8 nitrogen and oxygen atoms in total. The van der Waals surface area contributed by atoms with Gasteiger partial charge in [0.15, 0.2) is 5.69 Å². The highest BCUT2D eigenvalue weighted by Crippen LogP contribution is 2.54. The third-order valence-corrected chi connectivity index (χ3v) is 6.51. The summed E-state index contributed by atoms with van der Waals surface area (Å²) in [5, 5.41) is 11.0. The van der Waals surface area contributed by atoms with Gasteiger partial charge < -0.3 is 15.0 Å². The molecule has 0 saturated carbocycles. The maximum Gasteiger partial charge on any atom is 0.271 e. The lowest BCUT2D eigenvalue weighted by Gasteiger charge is -2.29. The Morgan fingerprint density at radius 3 is 2.93 bits per heavy atom. The van der Waals surface area contributed by atoms with Crippen LogP contribution in [0.2, 0.25) is 0 Å². The zero-order chi connectivity index (χ0) is 19.3. The number of fused-ring (bicyclic) bond motifs is 1. The number of hydrogen-bond acceptors (Lipinski definition) is 5. The Kier molecular flexibility index (Phi) is 3.97. The molecule has 3 saturated heterocycles. The first-order valence-electron chi connectivity index (χ1n) is 9.75. The molecule has 2 aromatic rings. The summed E-state index contributed by atoms with van der Waals surface area (Å²) in [5.74, 6) is 0.402. The van der Waals surface area contributed by atoms with Crippen molar-refractivity contribution in [3.05, 3.63) is 42.2 Å². The van der Waals surface area contributed by atoms with Gasteiger partial charge in [-0.2, -0.15) is 0 Å². The van der Waals surface area contributed by atoms with Gasteiger partial charge in [0.25, 0.3) is 5.91 Å². The highest BCUT2D eigenvalue weighted by atomic mass is 16.5. The molecule has 0 radical (unpaired) electrons. The fraction of sp³-hybridized carbons (Fsp3) is 0.500. The molecule has 3 fully saturated rings. The lowest BCUT2D eigenvalue weighted by atomic mass is 9.73. The molecule has 2 bridgehead atoms. The number of rotatable bonds is 4. The van der Waals surface area contributed by atoms with Gasteiger partial charge in [0.1, 0.15) is 0 Å². The van der Waals surface area contributed by atoms with Gasteiger partial charge in [-0.05, 0) is 25.0 Å². The van der Waals surface area contributed by atoms with Crippen molar-refractivity contribution in [2.45, 2.75) is 31.5 Å². The second-order valence-corrected chi connectivity index (χ2v) is 8.01. The fourth-order valence-corrected chi connectivity index (χ4v) is 5.15. The van der Waals surface area contributed by atoms with Gasteiger partial charge >= 0.3 is 0 Å². The molecule has 4 atom stereocenters. The van der Waals surface area contributed by atoms with Crippen molar-refractivity contribution in [1.29, 1.82) is 0 Å². The lowest BCUT2D eigenvalue weighted by molar-refractivity contribution is -0.129. The van der Waals surface area contributed by atoms with E-state index in [9.17, 15) is 9.59 Å². The van der Waals surface area contributed by atoms with E-state index in [2.05, 4.69) is 15.6 Å². The van der Waals surface area contributed by atoms with Crippen molar-refractivity contribution < 1.29 is 14.3 Å². The normalized spacial score (nSPS) is 30.5. The van der Waals surface area contributed by atoms with Gasteiger partial charge in [0, 0.05) is 31.8 Å². The first-order chi connectivity index (χ1) is 13.6. The van der Waals surface area contributed by atoms with E-state index in [1.54, 1.807) is 11.6 Å². The molecular weight excluding hydrogens is 358 g/mol. The molecule has 0 unspecified atom stereocenters. The topological polar surface area (TPSA) is 89.4 Å². The molecule has 28 heavy (non-hydrogen) atoms. The van der Waals surface area contributed by atoms with Crippen molar-refractivity contribution in [1.82, 2.24) is 25.2 Å². The average Bonchev–Trinajstić information content (AvgIpc) is 3.46. The zero-order valence-corrected chi connectivity index (χ0v) is 15.7. The smallest absolute Gasteiger partial charge is 0.271 e. The van der Waals surface area contributed by atoms with Crippen LogP contribution in [0.1, 0.15) is 30.3 Å². The van der Waals surface area contributed by atoms with Crippen molar-refractivity contribution in [2.75, 3.05) is 19.6 Å². The van der Waals surface area contributed by atoms with Gasteiger partial charge in [-0.3, -0.25) is 9.59 Å². The second-order valence-electron chi connectivity index (χ2n) is 8.01. The monoisotopic (exact) mass is 381 g/mol. The van der Waals surface area contributed by atoms with Crippen LogP contribution in [0.25, 0.3) is 5.69 Å². The second kappa shape index (κ2) is 6.41. The van der Waals surface area contributed by atoms with E-state index in [1.165, 1.54) is 6.20 Å². The van der Waals surface area contributed by atoms with Crippen LogP contribution in [0.4, 0.5) is 0 Å². The Labute approximate surface area is 162 Å². The van der Waals surface area contributed by atoms with Crippen LogP contribution in [-0.4, -0.2) is 63.0 Å². The molecule has 2 amide bonds. The number of carbonyl (C=O) groups is 2. The maximum absolute atomic E-state index is 12.8. The minimum atomic E-state index is -0.209. The van der Waals surface area contributed by atoms with Crippen molar-refractivity contribution in [3.8, 4) is 5.69 Å². The quantitative estimate of drug-likeness (QED) is 0.854. The first kappa shape index (κ1) is 17.4. The van der Waals surface area contributed by atoms with Crippen LogP contribution >= 0.6 is 0 Å². The average molecular weight is 381 g/mol. The predicted octanol–water partition coefficient (Wildman–Crippen LogP) is 1.02. The van der Waals surface area contributed by atoms with Crippen LogP contribution in [0.5, 0.6) is 0 Å². The highest BCUT2D eigenvalue weighted by Gasteiger charge is 2.63. The molecule has 1 aromatic carbocycles. The van der Waals surface area contributed by atoms with Gasteiger partial charge in [0.2, 0.25) is 5.91 Å². The number of amides is 2. The molecule has 0 aliphatic carbocycles. The number of ether oxygens (including phenoxy) is 1. The number of carbonyl (C=O) groups excluding carboxylic acids is 2. The minimum absolute atomic E-state index is 0.0939. The van der Waals surface area contributed by atoms with Crippen molar-refractivity contribution in [3.63, 3.8) is 0 Å². The Morgan fingerprint density at radius 2 is 2.14 bits per heavy atom. The summed E-state index contributed by atoms with van der Waals surface area (Å²) >= 11 is 0. The molecule has 1 aromatic heterocycles. The zero-order valence-electron chi connectivity index (χ0n) is 15.7. The molecule has 1 spiro atoms. The van der Waals surface area contributed by atoms with E-state index in [0.717, 1.165) is 25.1 Å². The largest absolute Gasteiger partial charge is 0.369 e. The standard InChI is InChI=1S/C20H23N5O3/c1-13(26)24-11-16-15(18-7-8-20(16,12-24)28-18)9-21-19(27)17-10-22-23-25(17)14-5-3-2-4-6-14/h2-6,10,15-16,18H,7-9,11-12H2,1H3,(H,21,27)/t15-,16+,18+,20+/m0/s1. The Bertz CT molecular complexity index is 914. The Morgan fingerprint density at radius 1 is 1.32 bits per heavy atom. The molecule has 8 heteroatoms. The van der Waals surface area contributed by atoms with E-state index in [-0.39, 0.29) is 35.4 Å². The molecule has 3 aliphatic heterocycles. The van der Waals surface area contributed by atoms with Crippen molar-refractivity contribution >= 4 is 11.8 Å².